The lowest BCUT2D eigenvalue weighted by Crippen LogP contribution is -2.49. The minimum atomic E-state index is 0.347. The highest BCUT2D eigenvalue weighted by Crippen LogP contribution is 2.39. The van der Waals surface area contributed by atoms with E-state index in [-0.39, 0.29) is 0 Å². The van der Waals surface area contributed by atoms with Crippen LogP contribution in [0.3, 0.4) is 0 Å². The molecule has 1 atom stereocenters. The largest absolute Gasteiger partial charge is 0.396 e. The van der Waals surface area contributed by atoms with E-state index in [0.29, 0.717) is 18.1 Å². The molecule has 1 saturated carbocycles. The average molecular weight is 296 g/mol. The maximum absolute atomic E-state index is 9.32. The van der Waals surface area contributed by atoms with Gasteiger partial charge in [-0.2, -0.15) is 0 Å². The van der Waals surface area contributed by atoms with Crippen molar-refractivity contribution in [2.45, 2.75) is 71.3 Å². The summed E-state index contributed by atoms with van der Waals surface area (Å²) in [6.45, 7) is 9.75. The van der Waals surface area contributed by atoms with Gasteiger partial charge in [0.05, 0.1) is 0 Å². The Balaban J connectivity index is 1.90. The van der Waals surface area contributed by atoms with Crippen molar-refractivity contribution < 1.29 is 5.11 Å². The second-order valence-electron chi connectivity index (χ2n) is 7.86. The van der Waals surface area contributed by atoms with Crippen molar-refractivity contribution in [2.24, 2.45) is 11.3 Å². The molecular weight excluding hydrogens is 260 g/mol. The summed E-state index contributed by atoms with van der Waals surface area (Å²) in [6, 6.07) is 0.631. The molecule has 3 heteroatoms. The van der Waals surface area contributed by atoms with Gasteiger partial charge in [-0.3, -0.25) is 4.90 Å². The fourth-order valence-corrected chi connectivity index (χ4v) is 4.32. The standard InChI is InChI=1S/C18H36N2O/c1-16(2)13-19-14-18(9-4-5-10-18)15-20-11-6-3-7-17(20)8-12-21/h16-17,19,21H,3-15H2,1-2H3. The monoisotopic (exact) mass is 296 g/mol. The Kier molecular flexibility index (Phi) is 6.97. The summed E-state index contributed by atoms with van der Waals surface area (Å²) in [4.78, 5) is 2.71. The molecule has 0 aromatic rings. The molecule has 2 aliphatic rings. The van der Waals surface area contributed by atoms with Crippen LogP contribution in [0.1, 0.15) is 65.2 Å². The van der Waals surface area contributed by atoms with Gasteiger partial charge in [0.25, 0.3) is 0 Å². The van der Waals surface area contributed by atoms with Crippen LogP contribution < -0.4 is 5.32 Å². The number of nitrogens with one attached hydrogen (secondary N) is 1. The van der Waals surface area contributed by atoms with E-state index in [0.717, 1.165) is 18.9 Å². The number of rotatable bonds is 8. The second kappa shape index (κ2) is 8.50. The molecule has 0 bridgehead atoms. The van der Waals surface area contributed by atoms with Gasteiger partial charge in [0.1, 0.15) is 0 Å². The molecule has 1 saturated heterocycles. The smallest absolute Gasteiger partial charge is 0.0445 e. The van der Waals surface area contributed by atoms with Gasteiger partial charge in [-0.05, 0) is 56.5 Å². The van der Waals surface area contributed by atoms with Crippen molar-refractivity contribution in [2.75, 3.05) is 32.8 Å². The van der Waals surface area contributed by atoms with E-state index in [2.05, 4.69) is 24.1 Å². The summed E-state index contributed by atoms with van der Waals surface area (Å²) in [5.41, 5.74) is 0.500. The van der Waals surface area contributed by atoms with Crippen LogP contribution >= 0.6 is 0 Å². The molecule has 0 spiro atoms. The lowest BCUT2D eigenvalue weighted by molar-refractivity contribution is 0.0665. The number of piperidine rings is 1. The number of likely N-dealkylation sites (tertiary alicyclic amines) is 1. The van der Waals surface area contributed by atoms with E-state index in [1.807, 2.05) is 0 Å². The Hall–Kier alpha value is -0.120. The highest BCUT2D eigenvalue weighted by atomic mass is 16.3. The van der Waals surface area contributed by atoms with Crippen molar-refractivity contribution in [1.82, 2.24) is 10.2 Å². The Labute approximate surface area is 131 Å². The third-order valence-corrected chi connectivity index (χ3v) is 5.47. The second-order valence-corrected chi connectivity index (χ2v) is 7.86. The lowest BCUT2D eigenvalue weighted by Gasteiger charge is -2.42. The first-order valence-corrected chi connectivity index (χ1v) is 9.21. The minimum Gasteiger partial charge on any atom is -0.396 e. The van der Waals surface area contributed by atoms with Crippen LogP contribution in [0.25, 0.3) is 0 Å². The summed E-state index contributed by atoms with van der Waals surface area (Å²) in [5.74, 6) is 0.737. The van der Waals surface area contributed by atoms with E-state index < -0.39 is 0 Å². The third-order valence-electron chi connectivity index (χ3n) is 5.47. The molecule has 124 valence electrons. The Morgan fingerprint density at radius 3 is 2.62 bits per heavy atom. The van der Waals surface area contributed by atoms with Crippen molar-refractivity contribution in [3.05, 3.63) is 0 Å². The van der Waals surface area contributed by atoms with Crippen LogP contribution in [0, 0.1) is 11.3 Å². The van der Waals surface area contributed by atoms with Crippen molar-refractivity contribution in [3.8, 4) is 0 Å². The van der Waals surface area contributed by atoms with Crippen LogP contribution in [-0.4, -0.2) is 48.8 Å². The molecule has 1 aliphatic carbocycles. The van der Waals surface area contributed by atoms with Gasteiger partial charge in [0.2, 0.25) is 0 Å². The average Bonchev–Trinajstić information content (AvgIpc) is 2.90. The van der Waals surface area contributed by atoms with Gasteiger partial charge in [-0.1, -0.05) is 33.1 Å². The van der Waals surface area contributed by atoms with Crippen molar-refractivity contribution in [3.63, 3.8) is 0 Å². The molecular formula is C18H36N2O. The molecule has 1 unspecified atom stereocenters. The van der Waals surface area contributed by atoms with Crippen LogP contribution in [0.2, 0.25) is 0 Å². The van der Waals surface area contributed by atoms with Gasteiger partial charge >= 0.3 is 0 Å². The first-order chi connectivity index (χ1) is 10.2. The third kappa shape index (κ3) is 5.22. The maximum Gasteiger partial charge on any atom is 0.0445 e. The van der Waals surface area contributed by atoms with Crippen LogP contribution in [0.5, 0.6) is 0 Å². The summed E-state index contributed by atoms with van der Waals surface area (Å²) in [5, 5.41) is 13.1. The molecule has 0 radical (unpaired) electrons. The molecule has 2 N–H and O–H groups in total. The van der Waals surface area contributed by atoms with Gasteiger partial charge in [0.15, 0.2) is 0 Å². The predicted octanol–water partition coefficient (Wildman–Crippen LogP) is 3.03. The number of hydrogen-bond donors (Lipinski definition) is 2. The first kappa shape index (κ1) is 17.2. The highest BCUT2D eigenvalue weighted by Gasteiger charge is 2.37. The molecule has 2 fully saturated rings. The number of hydrogen-bond acceptors (Lipinski definition) is 3. The van der Waals surface area contributed by atoms with Gasteiger partial charge in [-0.15, -0.1) is 0 Å². The number of aliphatic hydroxyl groups is 1. The zero-order valence-corrected chi connectivity index (χ0v) is 14.2. The van der Waals surface area contributed by atoms with E-state index in [1.165, 1.54) is 64.6 Å². The van der Waals surface area contributed by atoms with E-state index in [4.69, 9.17) is 0 Å². The topological polar surface area (TPSA) is 35.5 Å². The lowest BCUT2D eigenvalue weighted by atomic mass is 9.83. The van der Waals surface area contributed by atoms with E-state index in [9.17, 15) is 5.11 Å². The molecule has 1 aliphatic heterocycles. The van der Waals surface area contributed by atoms with Gasteiger partial charge in [0, 0.05) is 25.7 Å². The van der Waals surface area contributed by atoms with Crippen molar-refractivity contribution in [1.29, 1.82) is 0 Å². The molecule has 2 rings (SSSR count). The van der Waals surface area contributed by atoms with E-state index >= 15 is 0 Å². The maximum atomic E-state index is 9.32. The van der Waals surface area contributed by atoms with Crippen LogP contribution in [-0.2, 0) is 0 Å². The molecule has 21 heavy (non-hydrogen) atoms. The highest BCUT2D eigenvalue weighted by molar-refractivity contribution is 4.92. The quantitative estimate of drug-likeness (QED) is 0.723. The summed E-state index contributed by atoms with van der Waals surface area (Å²) in [7, 11) is 0. The summed E-state index contributed by atoms with van der Waals surface area (Å²) in [6.07, 6.45) is 10.5. The van der Waals surface area contributed by atoms with Gasteiger partial charge in [-0.25, -0.2) is 0 Å². The van der Waals surface area contributed by atoms with Crippen molar-refractivity contribution >= 4 is 0 Å². The normalized spacial score (nSPS) is 26.6. The molecule has 0 amide bonds. The molecule has 0 aromatic heterocycles. The molecule has 3 nitrogen and oxygen atoms in total. The predicted molar refractivity (Wildman–Crippen MR) is 89.5 cm³/mol. The Morgan fingerprint density at radius 2 is 1.95 bits per heavy atom. The van der Waals surface area contributed by atoms with E-state index in [1.54, 1.807) is 0 Å². The van der Waals surface area contributed by atoms with Crippen LogP contribution in [0.4, 0.5) is 0 Å². The number of nitrogens with zero attached hydrogens (tertiary/aromatic N) is 1. The zero-order valence-electron chi connectivity index (χ0n) is 14.2. The molecule has 0 aromatic carbocycles. The Morgan fingerprint density at radius 1 is 1.19 bits per heavy atom. The molecule has 1 heterocycles. The number of aliphatic hydroxyl groups excluding tert-OH is 1. The Bertz CT molecular complexity index is 285. The van der Waals surface area contributed by atoms with Gasteiger partial charge < -0.3 is 10.4 Å². The fraction of sp³-hybridized carbons (Fsp3) is 1.00. The summed E-state index contributed by atoms with van der Waals surface area (Å²) < 4.78 is 0. The zero-order chi connectivity index (χ0) is 15.1. The minimum absolute atomic E-state index is 0.347. The fourth-order valence-electron chi connectivity index (χ4n) is 4.32. The van der Waals surface area contributed by atoms with Crippen LogP contribution in [0.15, 0.2) is 0 Å². The SMILES string of the molecule is CC(C)CNCC1(CN2CCCCC2CCO)CCCC1. The first-order valence-electron chi connectivity index (χ1n) is 9.21. The summed E-state index contributed by atoms with van der Waals surface area (Å²) >= 11 is 0.